The van der Waals surface area contributed by atoms with Gasteiger partial charge < -0.3 is 5.32 Å². The zero-order valence-corrected chi connectivity index (χ0v) is 13.4. The highest BCUT2D eigenvalue weighted by Gasteiger charge is 2.14. The van der Waals surface area contributed by atoms with E-state index in [1.165, 1.54) is 23.5 Å². The van der Waals surface area contributed by atoms with Gasteiger partial charge in [-0.25, -0.2) is 4.39 Å². The molecule has 0 radical (unpaired) electrons. The maximum atomic E-state index is 13.6. The molecule has 94 valence electrons. The molecule has 0 saturated heterocycles. The smallest absolute Gasteiger partial charge is 0.265 e. The van der Waals surface area contributed by atoms with Crippen molar-refractivity contribution >= 4 is 66.4 Å². The molecule has 0 spiro atoms. The van der Waals surface area contributed by atoms with E-state index in [2.05, 4.69) is 37.2 Å². The number of nitrogens with one attached hydrogen (secondary N) is 1. The molecular weight excluding hydrogens is 408 g/mol. The number of thiophene rings is 1. The third-order valence-electron chi connectivity index (χ3n) is 2.07. The van der Waals surface area contributed by atoms with Crippen LogP contribution in [0.4, 0.5) is 10.1 Å². The van der Waals surface area contributed by atoms with Crippen molar-refractivity contribution in [1.29, 1.82) is 0 Å². The number of hydrogen-bond donors (Lipinski definition) is 1. The first-order chi connectivity index (χ1) is 8.49. The molecule has 1 amide bonds. The highest BCUT2D eigenvalue weighted by Crippen LogP contribution is 2.33. The first-order valence-electron chi connectivity index (χ1n) is 4.69. The van der Waals surface area contributed by atoms with Crippen molar-refractivity contribution in [2.75, 3.05) is 5.32 Å². The van der Waals surface area contributed by atoms with E-state index in [1.807, 2.05) is 0 Å². The summed E-state index contributed by atoms with van der Waals surface area (Å²) in [7, 11) is 0. The van der Waals surface area contributed by atoms with E-state index >= 15 is 0 Å². The fourth-order valence-corrected chi connectivity index (χ4v) is 3.35. The topological polar surface area (TPSA) is 29.1 Å². The molecule has 0 unspecified atom stereocenters. The van der Waals surface area contributed by atoms with Crippen molar-refractivity contribution < 1.29 is 9.18 Å². The fourth-order valence-electron chi connectivity index (χ4n) is 1.24. The first-order valence-corrected chi connectivity index (χ1v) is 7.47. The Labute approximate surface area is 128 Å². The van der Waals surface area contributed by atoms with Crippen LogP contribution in [0.5, 0.6) is 0 Å². The highest BCUT2D eigenvalue weighted by atomic mass is 79.9. The van der Waals surface area contributed by atoms with Crippen LogP contribution >= 0.6 is 54.8 Å². The zero-order chi connectivity index (χ0) is 13.3. The predicted octanol–water partition coefficient (Wildman–Crippen LogP) is 5.32. The second-order valence-electron chi connectivity index (χ2n) is 3.29. The van der Waals surface area contributed by atoms with Gasteiger partial charge in [-0.3, -0.25) is 4.79 Å². The number of anilines is 1. The van der Waals surface area contributed by atoms with E-state index in [4.69, 9.17) is 11.6 Å². The van der Waals surface area contributed by atoms with Gasteiger partial charge in [0, 0.05) is 4.47 Å². The zero-order valence-electron chi connectivity index (χ0n) is 8.64. The highest BCUT2D eigenvalue weighted by molar-refractivity contribution is 9.13. The van der Waals surface area contributed by atoms with Crippen molar-refractivity contribution in [2.45, 2.75) is 0 Å². The molecular formula is C11H5Br2ClFNOS. The van der Waals surface area contributed by atoms with Gasteiger partial charge in [-0.2, -0.15) is 0 Å². The molecule has 2 nitrogen and oxygen atoms in total. The summed E-state index contributed by atoms with van der Waals surface area (Å²) in [5.41, 5.74) is 0.0631. The summed E-state index contributed by atoms with van der Waals surface area (Å²) in [5, 5.41) is 2.45. The summed E-state index contributed by atoms with van der Waals surface area (Å²) >= 11 is 13.5. The molecule has 1 aromatic heterocycles. The molecule has 0 bridgehead atoms. The molecule has 0 aliphatic rings. The van der Waals surface area contributed by atoms with Crippen LogP contribution in [-0.2, 0) is 0 Å². The summed E-state index contributed by atoms with van der Waals surface area (Å²) in [4.78, 5) is 12.4. The summed E-state index contributed by atoms with van der Waals surface area (Å²) in [6.07, 6.45) is 0. The second kappa shape index (κ2) is 5.69. The number of rotatable bonds is 2. The lowest BCUT2D eigenvalue weighted by Gasteiger charge is -2.05. The third-order valence-corrected chi connectivity index (χ3v) is 5.62. The molecule has 7 heteroatoms. The molecule has 18 heavy (non-hydrogen) atoms. The van der Waals surface area contributed by atoms with Crippen LogP contribution in [0, 0.1) is 5.82 Å². The molecule has 0 aliphatic carbocycles. The van der Waals surface area contributed by atoms with E-state index in [0.29, 0.717) is 4.88 Å². The van der Waals surface area contributed by atoms with E-state index < -0.39 is 5.82 Å². The number of amides is 1. The predicted molar refractivity (Wildman–Crippen MR) is 79.1 cm³/mol. The molecule has 2 aromatic rings. The monoisotopic (exact) mass is 411 g/mol. The lowest BCUT2D eigenvalue weighted by molar-refractivity contribution is 0.103. The van der Waals surface area contributed by atoms with Crippen LogP contribution < -0.4 is 5.32 Å². The normalized spacial score (nSPS) is 10.4. The van der Waals surface area contributed by atoms with Gasteiger partial charge in [0.2, 0.25) is 0 Å². The molecule has 0 fully saturated rings. The lowest BCUT2D eigenvalue weighted by Crippen LogP contribution is -2.11. The van der Waals surface area contributed by atoms with Gasteiger partial charge in [0.1, 0.15) is 0 Å². The van der Waals surface area contributed by atoms with Crippen molar-refractivity contribution in [1.82, 2.24) is 0 Å². The van der Waals surface area contributed by atoms with Gasteiger partial charge >= 0.3 is 0 Å². The average molecular weight is 413 g/mol. The van der Waals surface area contributed by atoms with E-state index in [0.717, 1.165) is 8.26 Å². The SMILES string of the molecule is O=C(Nc1cccc(Cl)c1F)c1cc(Br)c(Br)s1. The van der Waals surface area contributed by atoms with Gasteiger partial charge in [-0.05, 0) is 50.1 Å². The summed E-state index contributed by atoms with van der Waals surface area (Å²) in [5.74, 6) is -1.02. The molecule has 2 rings (SSSR count). The Morgan fingerprint density at radius 1 is 1.39 bits per heavy atom. The Bertz CT molecular complexity index is 598. The van der Waals surface area contributed by atoms with Crippen LogP contribution in [0.3, 0.4) is 0 Å². The van der Waals surface area contributed by atoms with Crippen LogP contribution in [0.15, 0.2) is 32.5 Å². The Morgan fingerprint density at radius 2 is 2.11 bits per heavy atom. The minimum Gasteiger partial charge on any atom is -0.319 e. The third kappa shape index (κ3) is 2.93. The summed E-state index contributed by atoms with van der Waals surface area (Å²) in [6, 6.07) is 6.11. The Kier molecular flexibility index (Phi) is 4.42. The van der Waals surface area contributed by atoms with Gasteiger partial charge in [-0.15, -0.1) is 11.3 Å². The molecule has 0 saturated carbocycles. The molecule has 1 heterocycles. The van der Waals surface area contributed by atoms with Crippen LogP contribution in [0.2, 0.25) is 5.02 Å². The van der Waals surface area contributed by atoms with E-state index in [1.54, 1.807) is 12.1 Å². The largest absolute Gasteiger partial charge is 0.319 e. The van der Waals surface area contributed by atoms with Crippen LogP contribution in [0.25, 0.3) is 0 Å². The van der Waals surface area contributed by atoms with Crippen molar-refractivity contribution in [3.05, 3.63) is 48.2 Å². The maximum absolute atomic E-state index is 13.6. The number of hydrogen-bond acceptors (Lipinski definition) is 2. The van der Waals surface area contributed by atoms with Crippen LogP contribution in [-0.4, -0.2) is 5.91 Å². The van der Waals surface area contributed by atoms with E-state index in [-0.39, 0.29) is 16.6 Å². The minimum atomic E-state index is -0.637. The summed E-state index contributed by atoms with van der Waals surface area (Å²) < 4.78 is 15.2. The fraction of sp³-hybridized carbons (Fsp3) is 0. The molecule has 1 N–H and O–H groups in total. The number of halogens is 4. The van der Waals surface area contributed by atoms with Gasteiger partial charge in [-0.1, -0.05) is 17.7 Å². The number of carbonyl (C=O) groups is 1. The maximum Gasteiger partial charge on any atom is 0.265 e. The van der Waals surface area contributed by atoms with Gasteiger partial charge in [0.15, 0.2) is 5.82 Å². The summed E-state index contributed by atoms with van der Waals surface area (Å²) in [6.45, 7) is 0. The standard InChI is InChI=1S/C11H5Br2ClFNOS/c12-5-4-8(18-10(5)13)11(17)16-7-3-1-2-6(14)9(7)15/h1-4H,(H,16,17). The van der Waals surface area contributed by atoms with Crippen molar-refractivity contribution in [3.8, 4) is 0 Å². The molecule has 0 aliphatic heterocycles. The lowest BCUT2D eigenvalue weighted by atomic mass is 10.3. The number of carbonyl (C=O) groups excluding carboxylic acids is 1. The molecule has 0 atom stereocenters. The van der Waals surface area contributed by atoms with Crippen molar-refractivity contribution in [2.24, 2.45) is 0 Å². The Hall–Kier alpha value is -0.430. The minimum absolute atomic E-state index is 0.0265. The van der Waals surface area contributed by atoms with Gasteiger partial charge in [0.05, 0.1) is 19.4 Å². The second-order valence-corrected chi connectivity index (χ2v) is 6.92. The Balaban J connectivity index is 2.24. The first kappa shape index (κ1) is 14.0. The average Bonchev–Trinajstić information content (AvgIpc) is 2.66. The van der Waals surface area contributed by atoms with E-state index in [9.17, 15) is 9.18 Å². The Morgan fingerprint density at radius 3 is 2.72 bits per heavy atom. The van der Waals surface area contributed by atoms with Crippen molar-refractivity contribution in [3.63, 3.8) is 0 Å². The molecule has 1 aromatic carbocycles. The number of benzene rings is 1. The van der Waals surface area contributed by atoms with Gasteiger partial charge in [0.25, 0.3) is 5.91 Å². The quantitative estimate of drug-likeness (QED) is 0.710. The van der Waals surface area contributed by atoms with Crippen LogP contribution in [0.1, 0.15) is 9.67 Å².